The number of halogens is 1. The zero-order chi connectivity index (χ0) is 28.1. The second-order valence-electron chi connectivity index (χ2n) is 8.88. The average Bonchev–Trinajstić information content (AvgIpc) is 3.65. The number of ether oxygens (including phenoxy) is 3. The highest BCUT2D eigenvalue weighted by Crippen LogP contribution is 2.48. The van der Waals surface area contributed by atoms with Crippen molar-refractivity contribution in [2.75, 3.05) is 26.2 Å². The molecule has 5 aromatic rings. The lowest BCUT2D eigenvalue weighted by Crippen LogP contribution is -2.31. The Labute approximate surface area is 236 Å². The Morgan fingerprint density at radius 1 is 1.02 bits per heavy atom. The molecule has 1 aliphatic rings. The molecule has 1 amide bonds. The van der Waals surface area contributed by atoms with Gasteiger partial charge in [-0.15, -0.1) is 0 Å². The molecule has 0 saturated carbocycles. The average molecular weight is 577 g/mol. The first-order valence-electron chi connectivity index (χ1n) is 12.0. The van der Waals surface area contributed by atoms with Gasteiger partial charge in [0.25, 0.3) is 5.91 Å². The van der Waals surface area contributed by atoms with E-state index in [4.69, 9.17) is 30.2 Å². The van der Waals surface area contributed by atoms with Gasteiger partial charge in [0, 0.05) is 10.4 Å². The van der Waals surface area contributed by atoms with Crippen LogP contribution in [0.15, 0.2) is 76.4 Å². The van der Waals surface area contributed by atoms with Gasteiger partial charge in [0.15, 0.2) is 28.1 Å². The minimum Gasteiger partial charge on any atom is -0.503 e. The third-order valence-electron chi connectivity index (χ3n) is 6.65. The third kappa shape index (κ3) is 4.04. The van der Waals surface area contributed by atoms with Crippen LogP contribution in [0.1, 0.15) is 22.2 Å². The molecule has 1 N–H and O–H groups in total. The fraction of sp³-hybridized carbons (Fsp3) is 0.138. The molecule has 1 unspecified atom stereocenters. The van der Waals surface area contributed by atoms with Crippen molar-refractivity contribution in [1.82, 2.24) is 4.98 Å². The lowest BCUT2D eigenvalue weighted by atomic mass is 9.94. The van der Waals surface area contributed by atoms with Crippen LogP contribution in [0.5, 0.6) is 17.2 Å². The highest BCUT2D eigenvalue weighted by molar-refractivity contribution is 7.22. The number of para-hydroxylation sites is 1. The predicted octanol–water partition coefficient (Wildman–Crippen LogP) is 6.50. The number of nitrogens with zero attached hydrogens (tertiary/aromatic N) is 2. The molecule has 6 rings (SSSR count). The van der Waals surface area contributed by atoms with Crippen LogP contribution in [-0.4, -0.2) is 43.1 Å². The number of thiazole rings is 1. The van der Waals surface area contributed by atoms with Gasteiger partial charge in [0.05, 0.1) is 43.2 Å². The van der Waals surface area contributed by atoms with Crippen molar-refractivity contribution in [2.45, 2.75) is 6.04 Å². The molecular weight excluding hydrogens is 556 g/mol. The van der Waals surface area contributed by atoms with E-state index in [0.717, 1.165) is 4.70 Å². The van der Waals surface area contributed by atoms with Crippen LogP contribution in [0.25, 0.3) is 21.2 Å². The maximum Gasteiger partial charge on any atom is 0.296 e. The number of benzene rings is 3. The topological polar surface area (TPSA) is 111 Å². The molecule has 0 fully saturated rings. The Balaban J connectivity index is 1.56. The minimum atomic E-state index is -1.10. The minimum absolute atomic E-state index is 0.0223. The highest BCUT2D eigenvalue weighted by Gasteiger charge is 2.47. The standard InChI is InChI=1S/C29H21ClN2O7S/c1-36-20-11-15(12-21(37-2)27(20)38-3)24-23(25(33)19-10-14-6-4-5-7-18(14)39-19)26(34)28(35)32(24)29-31-17-9-8-16(30)13-22(17)40-29/h4-13,24,34H,1-3H3. The molecule has 1 aliphatic heterocycles. The smallest absolute Gasteiger partial charge is 0.296 e. The molecule has 1 atom stereocenters. The molecular formula is C29H21ClN2O7S. The van der Waals surface area contributed by atoms with E-state index in [9.17, 15) is 14.7 Å². The van der Waals surface area contributed by atoms with Crippen molar-refractivity contribution in [3.63, 3.8) is 0 Å². The molecule has 3 heterocycles. The highest BCUT2D eigenvalue weighted by atomic mass is 35.5. The lowest BCUT2D eigenvalue weighted by Gasteiger charge is -2.25. The monoisotopic (exact) mass is 576 g/mol. The van der Waals surface area contributed by atoms with Crippen LogP contribution < -0.4 is 19.1 Å². The van der Waals surface area contributed by atoms with Gasteiger partial charge in [-0.1, -0.05) is 41.1 Å². The van der Waals surface area contributed by atoms with Crippen molar-refractivity contribution in [1.29, 1.82) is 0 Å². The summed E-state index contributed by atoms with van der Waals surface area (Å²) in [5.74, 6) is -1.22. The van der Waals surface area contributed by atoms with Crippen LogP contribution >= 0.6 is 22.9 Å². The summed E-state index contributed by atoms with van der Waals surface area (Å²) < 4.78 is 23.1. The maximum absolute atomic E-state index is 14.0. The molecule has 0 bridgehead atoms. The molecule has 202 valence electrons. The number of ketones is 1. The van der Waals surface area contributed by atoms with Crippen molar-refractivity contribution >= 4 is 60.9 Å². The van der Waals surface area contributed by atoms with Crippen LogP contribution in [0.2, 0.25) is 5.02 Å². The first kappa shape index (κ1) is 25.7. The summed E-state index contributed by atoms with van der Waals surface area (Å²) in [4.78, 5) is 33.5. The molecule has 40 heavy (non-hydrogen) atoms. The molecule has 3 aromatic carbocycles. The molecule has 0 saturated heterocycles. The Kier molecular flexibility index (Phi) is 6.36. The van der Waals surface area contributed by atoms with E-state index < -0.39 is 23.5 Å². The SMILES string of the molecule is COc1cc(C2C(C(=O)c3cc4ccccc4o3)=C(O)C(=O)N2c2nc3ccc(Cl)cc3s2)cc(OC)c1OC. The molecule has 0 radical (unpaired) electrons. The third-order valence-corrected chi connectivity index (χ3v) is 7.90. The van der Waals surface area contributed by atoms with E-state index in [1.165, 1.54) is 37.6 Å². The molecule has 2 aromatic heterocycles. The molecule has 0 spiro atoms. The number of hydrogen-bond donors (Lipinski definition) is 1. The molecule has 11 heteroatoms. The van der Waals surface area contributed by atoms with Gasteiger partial charge in [-0.2, -0.15) is 0 Å². The van der Waals surface area contributed by atoms with Crippen LogP contribution in [0.4, 0.5) is 5.13 Å². The number of fused-ring (bicyclic) bond motifs is 2. The zero-order valence-electron chi connectivity index (χ0n) is 21.4. The zero-order valence-corrected chi connectivity index (χ0v) is 23.0. The van der Waals surface area contributed by atoms with E-state index in [2.05, 4.69) is 4.98 Å². The number of aliphatic hydroxyl groups is 1. The Hall–Kier alpha value is -4.54. The van der Waals surface area contributed by atoms with E-state index in [0.29, 0.717) is 44.3 Å². The van der Waals surface area contributed by atoms with E-state index >= 15 is 0 Å². The van der Waals surface area contributed by atoms with Crippen molar-refractivity contribution < 1.29 is 33.3 Å². The lowest BCUT2D eigenvalue weighted by molar-refractivity contribution is -0.117. The number of rotatable bonds is 7. The van der Waals surface area contributed by atoms with E-state index in [1.54, 1.807) is 54.6 Å². The summed E-state index contributed by atoms with van der Waals surface area (Å²) in [6, 6.07) is 16.0. The number of carbonyl (C=O) groups excluding carboxylic acids is 2. The summed E-state index contributed by atoms with van der Waals surface area (Å²) in [6.07, 6.45) is 0. The largest absolute Gasteiger partial charge is 0.503 e. The number of aliphatic hydroxyl groups excluding tert-OH is 1. The van der Waals surface area contributed by atoms with Crippen molar-refractivity contribution in [2.24, 2.45) is 0 Å². The van der Waals surface area contributed by atoms with E-state index in [-0.39, 0.29) is 16.5 Å². The first-order valence-corrected chi connectivity index (χ1v) is 13.2. The van der Waals surface area contributed by atoms with Gasteiger partial charge in [-0.25, -0.2) is 4.98 Å². The van der Waals surface area contributed by atoms with Gasteiger partial charge >= 0.3 is 0 Å². The summed E-state index contributed by atoms with van der Waals surface area (Å²) >= 11 is 7.38. The van der Waals surface area contributed by atoms with Gasteiger partial charge in [0.1, 0.15) is 5.58 Å². The number of anilines is 1. The summed E-state index contributed by atoms with van der Waals surface area (Å²) in [6.45, 7) is 0. The van der Waals surface area contributed by atoms with Crippen LogP contribution in [0, 0.1) is 0 Å². The van der Waals surface area contributed by atoms with Gasteiger partial charge < -0.3 is 23.7 Å². The van der Waals surface area contributed by atoms with Crippen LogP contribution in [0.3, 0.4) is 0 Å². The van der Waals surface area contributed by atoms with Crippen molar-refractivity contribution in [3.8, 4) is 17.2 Å². The number of carbonyl (C=O) groups is 2. The van der Waals surface area contributed by atoms with Gasteiger partial charge in [0.2, 0.25) is 11.5 Å². The number of hydrogen-bond acceptors (Lipinski definition) is 9. The quantitative estimate of drug-likeness (QED) is 0.218. The van der Waals surface area contributed by atoms with E-state index in [1.807, 2.05) is 6.07 Å². The summed E-state index contributed by atoms with van der Waals surface area (Å²) in [5, 5.41) is 12.7. The number of Topliss-reactive ketones (excluding diaryl/α,β-unsaturated/α-hetero) is 1. The number of aromatic nitrogens is 1. The number of furan rings is 1. The predicted molar refractivity (Wildman–Crippen MR) is 151 cm³/mol. The van der Waals surface area contributed by atoms with Gasteiger partial charge in [-0.05, 0) is 48.0 Å². The molecule has 0 aliphatic carbocycles. The second-order valence-corrected chi connectivity index (χ2v) is 10.3. The van der Waals surface area contributed by atoms with Gasteiger partial charge in [-0.3, -0.25) is 14.5 Å². The Bertz CT molecular complexity index is 1800. The fourth-order valence-corrected chi connectivity index (χ4v) is 6.09. The number of methoxy groups -OCH3 is 3. The second kappa shape index (κ2) is 9.89. The molecule has 9 nitrogen and oxygen atoms in total. The summed E-state index contributed by atoms with van der Waals surface area (Å²) in [5.41, 5.74) is 1.36. The number of amides is 1. The fourth-order valence-electron chi connectivity index (χ4n) is 4.82. The van der Waals surface area contributed by atoms with Crippen LogP contribution in [-0.2, 0) is 4.79 Å². The Morgan fingerprint density at radius 2 is 1.75 bits per heavy atom. The Morgan fingerprint density at radius 3 is 2.42 bits per heavy atom. The van der Waals surface area contributed by atoms with Crippen molar-refractivity contribution in [3.05, 3.63) is 88.3 Å². The summed E-state index contributed by atoms with van der Waals surface area (Å²) in [7, 11) is 4.40. The normalized spacial score (nSPS) is 15.3. The first-order chi connectivity index (χ1) is 19.3. The maximum atomic E-state index is 14.0.